The molecule has 0 bridgehead atoms. The molecule has 2 unspecified atom stereocenters. The van der Waals surface area contributed by atoms with Crippen molar-refractivity contribution in [3.8, 4) is 0 Å². The largest absolute Gasteiger partial charge is 0.263 e. The van der Waals surface area contributed by atoms with E-state index in [-0.39, 0.29) is 10.8 Å². The Labute approximate surface area is 215 Å². The van der Waals surface area contributed by atoms with Gasteiger partial charge in [0.05, 0.1) is 21.6 Å². The van der Waals surface area contributed by atoms with Crippen molar-refractivity contribution >= 4 is 26.9 Å². The molecule has 0 aliphatic heterocycles. The van der Waals surface area contributed by atoms with E-state index in [2.05, 4.69) is 44.6 Å². The summed E-state index contributed by atoms with van der Waals surface area (Å²) in [6.07, 6.45) is 10.5. The van der Waals surface area contributed by atoms with E-state index >= 15 is 0 Å². The second-order valence-corrected chi connectivity index (χ2v) is 11.8. The SMILES string of the molecule is CCCCc1ccc(S(=O)(=O)Nc2nc3ccccc3nc2C(C)CCC2=CC=C(C)C(C)C2)cc1. The van der Waals surface area contributed by atoms with Gasteiger partial charge < -0.3 is 0 Å². The number of sulfonamides is 1. The molecule has 0 radical (unpaired) electrons. The Morgan fingerprint density at radius 2 is 1.69 bits per heavy atom. The van der Waals surface area contributed by atoms with Crippen molar-refractivity contribution < 1.29 is 8.42 Å². The molecule has 1 N–H and O–H groups in total. The van der Waals surface area contributed by atoms with Crippen LogP contribution in [0.2, 0.25) is 0 Å². The lowest BCUT2D eigenvalue weighted by Gasteiger charge is -2.21. The number of aromatic nitrogens is 2. The van der Waals surface area contributed by atoms with Crippen molar-refractivity contribution in [3.05, 3.63) is 83.1 Å². The van der Waals surface area contributed by atoms with E-state index in [1.807, 2.05) is 36.4 Å². The molecule has 0 fully saturated rings. The lowest BCUT2D eigenvalue weighted by atomic mass is 9.86. The number of hydrogen-bond acceptors (Lipinski definition) is 4. The summed E-state index contributed by atoms with van der Waals surface area (Å²) in [6.45, 7) is 8.70. The second-order valence-electron chi connectivity index (χ2n) is 10.1. The van der Waals surface area contributed by atoms with Crippen LogP contribution in [0.3, 0.4) is 0 Å². The van der Waals surface area contributed by atoms with E-state index < -0.39 is 10.0 Å². The van der Waals surface area contributed by atoms with E-state index in [9.17, 15) is 8.42 Å². The van der Waals surface area contributed by atoms with E-state index in [0.717, 1.165) is 49.6 Å². The van der Waals surface area contributed by atoms with Gasteiger partial charge in [0, 0.05) is 5.92 Å². The molecule has 1 heterocycles. The number of aryl methyl sites for hydroxylation is 1. The standard InChI is InChI=1S/C30H37N3O2S/c1-5-6-9-24-16-18-26(19-17-24)36(34,35)33-30-29(31-27-10-7-8-11-28(27)32-30)22(3)13-15-25-14-12-21(2)23(4)20-25/h7-8,10-12,14,16-19,22-23H,5-6,9,13,15,20H2,1-4H3,(H,32,33). The van der Waals surface area contributed by atoms with Crippen LogP contribution in [0.15, 0.2) is 76.7 Å². The van der Waals surface area contributed by atoms with E-state index in [1.165, 1.54) is 11.1 Å². The summed E-state index contributed by atoms with van der Waals surface area (Å²) < 4.78 is 29.4. The molecule has 0 saturated heterocycles. The van der Waals surface area contributed by atoms with Gasteiger partial charge in [-0.2, -0.15) is 0 Å². The number of allylic oxidation sites excluding steroid dienone is 4. The van der Waals surface area contributed by atoms with Gasteiger partial charge in [0.15, 0.2) is 5.82 Å². The van der Waals surface area contributed by atoms with E-state index in [4.69, 9.17) is 9.97 Å². The molecule has 36 heavy (non-hydrogen) atoms. The molecular weight excluding hydrogens is 466 g/mol. The van der Waals surface area contributed by atoms with E-state index in [1.54, 1.807) is 12.1 Å². The Morgan fingerprint density at radius 1 is 1.00 bits per heavy atom. The molecule has 6 heteroatoms. The fourth-order valence-electron chi connectivity index (χ4n) is 4.59. The fraction of sp³-hybridized carbons (Fsp3) is 0.400. The predicted octanol–water partition coefficient (Wildman–Crippen LogP) is 7.57. The minimum Gasteiger partial charge on any atom is -0.262 e. The number of anilines is 1. The molecule has 2 aromatic carbocycles. The zero-order valence-corrected chi connectivity index (χ0v) is 22.6. The topological polar surface area (TPSA) is 72.0 Å². The van der Waals surface area contributed by atoms with Gasteiger partial charge in [-0.15, -0.1) is 0 Å². The highest BCUT2D eigenvalue weighted by Crippen LogP contribution is 2.33. The fourth-order valence-corrected chi connectivity index (χ4v) is 5.61. The maximum absolute atomic E-state index is 13.3. The zero-order chi connectivity index (χ0) is 25.7. The molecule has 1 aliphatic rings. The van der Waals surface area contributed by atoms with Gasteiger partial charge in [0.1, 0.15) is 0 Å². The van der Waals surface area contributed by atoms with Crippen molar-refractivity contribution in [1.29, 1.82) is 0 Å². The molecule has 3 aromatic rings. The number of unbranched alkanes of at least 4 members (excludes halogenated alkanes) is 1. The monoisotopic (exact) mass is 503 g/mol. The molecule has 1 aliphatic carbocycles. The van der Waals surface area contributed by atoms with Gasteiger partial charge in [0.25, 0.3) is 10.0 Å². The number of nitrogens with zero attached hydrogens (tertiary/aromatic N) is 2. The number of nitrogens with one attached hydrogen (secondary N) is 1. The minimum atomic E-state index is -3.80. The third-order valence-corrected chi connectivity index (χ3v) is 8.53. The molecule has 0 spiro atoms. The molecule has 190 valence electrons. The lowest BCUT2D eigenvalue weighted by Crippen LogP contribution is -2.17. The highest BCUT2D eigenvalue weighted by atomic mass is 32.2. The summed E-state index contributed by atoms with van der Waals surface area (Å²) in [7, 11) is -3.80. The van der Waals surface area contributed by atoms with E-state index in [0.29, 0.717) is 22.9 Å². The zero-order valence-electron chi connectivity index (χ0n) is 21.8. The van der Waals surface area contributed by atoms with Crippen LogP contribution in [0.1, 0.15) is 77.0 Å². The van der Waals surface area contributed by atoms with Crippen LogP contribution in [0.25, 0.3) is 11.0 Å². The molecule has 5 nitrogen and oxygen atoms in total. The maximum Gasteiger partial charge on any atom is 0.263 e. The summed E-state index contributed by atoms with van der Waals surface area (Å²) in [5.74, 6) is 0.925. The van der Waals surface area contributed by atoms with Crippen LogP contribution in [-0.2, 0) is 16.4 Å². The van der Waals surface area contributed by atoms with Crippen LogP contribution >= 0.6 is 0 Å². The predicted molar refractivity (Wildman–Crippen MR) is 149 cm³/mol. The van der Waals surface area contributed by atoms with Crippen molar-refractivity contribution in [2.24, 2.45) is 5.92 Å². The van der Waals surface area contributed by atoms with Gasteiger partial charge in [-0.1, -0.05) is 74.8 Å². The second kappa shape index (κ2) is 11.4. The number of hydrogen-bond donors (Lipinski definition) is 1. The summed E-state index contributed by atoms with van der Waals surface area (Å²) >= 11 is 0. The van der Waals surface area contributed by atoms with Crippen molar-refractivity contribution in [2.75, 3.05) is 4.72 Å². The first-order valence-corrected chi connectivity index (χ1v) is 14.5. The smallest absolute Gasteiger partial charge is 0.262 e. The van der Waals surface area contributed by atoms with Gasteiger partial charge in [-0.05, 0) is 74.8 Å². The van der Waals surface area contributed by atoms with Crippen molar-refractivity contribution in [2.45, 2.75) is 77.0 Å². The first kappa shape index (κ1) is 26.1. The average molecular weight is 504 g/mol. The van der Waals surface area contributed by atoms with Crippen LogP contribution in [0, 0.1) is 5.92 Å². The third-order valence-electron chi connectivity index (χ3n) is 7.17. The Balaban J connectivity index is 1.59. The summed E-state index contributed by atoms with van der Waals surface area (Å²) in [5.41, 5.74) is 6.12. The lowest BCUT2D eigenvalue weighted by molar-refractivity contribution is 0.596. The molecule has 1 aromatic heterocycles. The Kier molecular flexibility index (Phi) is 8.24. The van der Waals surface area contributed by atoms with Crippen molar-refractivity contribution in [3.63, 3.8) is 0 Å². The summed E-state index contributed by atoms with van der Waals surface area (Å²) in [4.78, 5) is 9.81. The highest BCUT2D eigenvalue weighted by molar-refractivity contribution is 7.92. The number of para-hydroxylation sites is 2. The summed E-state index contributed by atoms with van der Waals surface area (Å²) in [6, 6.07) is 14.8. The van der Waals surface area contributed by atoms with Crippen LogP contribution in [0.4, 0.5) is 5.82 Å². The maximum atomic E-state index is 13.3. The first-order valence-electron chi connectivity index (χ1n) is 13.0. The third kappa shape index (κ3) is 6.22. The number of fused-ring (bicyclic) bond motifs is 1. The molecular formula is C30H37N3O2S. The van der Waals surface area contributed by atoms with Crippen LogP contribution in [0.5, 0.6) is 0 Å². The molecule has 4 rings (SSSR count). The Hall–Kier alpha value is -2.99. The number of rotatable bonds is 10. The molecule has 0 amide bonds. The minimum absolute atomic E-state index is 0.0411. The first-order chi connectivity index (χ1) is 17.3. The van der Waals surface area contributed by atoms with Gasteiger partial charge in [-0.25, -0.2) is 18.4 Å². The molecule has 0 saturated carbocycles. The Morgan fingerprint density at radius 3 is 2.36 bits per heavy atom. The normalized spacial score (nSPS) is 16.9. The van der Waals surface area contributed by atoms with Gasteiger partial charge in [-0.3, -0.25) is 4.72 Å². The quantitative estimate of drug-likeness (QED) is 0.310. The highest BCUT2D eigenvalue weighted by Gasteiger charge is 2.22. The summed E-state index contributed by atoms with van der Waals surface area (Å²) in [5, 5.41) is 0. The Bertz CT molecular complexity index is 1380. The van der Waals surface area contributed by atoms with Gasteiger partial charge in [0.2, 0.25) is 0 Å². The molecule has 2 atom stereocenters. The van der Waals surface area contributed by atoms with Gasteiger partial charge >= 0.3 is 0 Å². The van der Waals surface area contributed by atoms with Crippen molar-refractivity contribution in [1.82, 2.24) is 9.97 Å². The van der Waals surface area contributed by atoms with Crippen LogP contribution in [-0.4, -0.2) is 18.4 Å². The average Bonchev–Trinajstić information content (AvgIpc) is 2.87. The van der Waals surface area contributed by atoms with Crippen LogP contribution < -0.4 is 4.72 Å². The number of benzene rings is 2.